The highest BCUT2D eigenvalue weighted by Gasteiger charge is 2.31. The molecule has 0 aliphatic carbocycles. The molecular formula is C21H30N4O2. The van der Waals surface area contributed by atoms with Crippen molar-refractivity contribution >= 4 is 22.9 Å². The third kappa shape index (κ3) is 3.81. The molecule has 2 aliphatic rings. The Morgan fingerprint density at radius 2 is 2.04 bits per heavy atom. The lowest BCUT2D eigenvalue weighted by Crippen LogP contribution is -2.48. The Labute approximate surface area is 161 Å². The molecule has 146 valence electrons. The molecule has 6 heteroatoms. The van der Waals surface area contributed by atoms with Gasteiger partial charge >= 0.3 is 0 Å². The standard InChI is InChI=1S/C21H30N4O2/c1-2-3-11-25-19-9-5-4-8-18(19)22-21(25)24-10-6-7-17(16-24)20(26)23-12-14-27-15-13-23/h4-5,8-9,17H,2-3,6-7,10-16H2,1H3/t17-/m1/s1. The van der Waals surface area contributed by atoms with E-state index in [0.717, 1.165) is 69.9 Å². The number of amides is 1. The third-order valence-corrected chi connectivity index (χ3v) is 5.75. The first-order chi connectivity index (χ1) is 13.3. The van der Waals surface area contributed by atoms with Gasteiger partial charge in [0.15, 0.2) is 0 Å². The zero-order chi connectivity index (χ0) is 18.6. The molecule has 2 aromatic rings. The molecule has 3 heterocycles. The number of hydrogen-bond acceptors (Lipinski definition) is 4. The number of unbranched alkanes of at least 4 members (excludes halogenated alkanes) is 1. The van der Waals surface area contributed by atoms with Gasteiger partial charge in [0.1, 0.15) is 0 Å². The summed E-state index contributed by atoms with van der Waals surface area (Å²) < 4.78 is 7.74. The maximum absolute atomic E-state index is 13.0. The summed E-state index contributed by atoms with van der Waals surface area (Å²) in [5.41, 5.74) is 2.24. The van der Waals surface area contributed by atoms with Crippen LogP contribution in [0.4, 0.5) is 5.95 Å². The molecule has 0 unspecified atom stereocenters. The molecule has 1 atom stereocenters. The molecule has 2 saturated heterocycles. The second kappa shape index (κ2) is 8.30. The molecule has 0 spiro atoms. The molecule has 0 radical (unpaired) electrons. The van der Waals surface area contributed by atoms with Crippen molar-refractivity contribution in [2.24, 2.45) is 5.92 Å². The first-order valence-corrected chi connectivity index (χ1v) is 10.3. The van der Waals surface area contributed by atoms with Gasteiger partial charge in [0.25, 0.3) is 0 Å². The van der Waals surface area contributed by atoms with E-state index in [1.54, 1.807) is 0 Å². The Bertz CT molecular complexity index is 782. The van der Waals surface area contributed by atoms with E-state index >= 15 is 0 Å². The van der Waals surface area contributed by atoms with E-state index in [2.05, 4.69) is 34.6 Å². The number of rotatable bonds is 5. The van der Waals surface area contributed by atoms with Crippen molar-refractivity contribution in [3.8, 4) is 0 Å². The van der Waals surface area contributed by atoms with Crippen LogP contribution in [-0.2, 0) is 16.1 Å². The number of imidazole rings is 1. The van der Waals surface area contributed by atoms with Crippen LogP contribution in [0.1, 0.15) is 32.6 Å². The predicted molar refractivity (Wildman–Crippen MR) is 107 cm³/mol. The number of hydrogen-bond donors (Lipinski definition) is 0. The predicted octanol–water partition coefficient (Wildman–Crippen LogP) is 2.91. The molecule has 27 heavy (non-hydrogen) atoms. The van der Waals surface area contributed by atoms with Crippen LogP contribution in [0.2, 0.25) is 0 Å². The minimum Gasteiger partial charge on any atom is -0.378 e. The molecular weight excluding hydrogens is 340 g/mol. The number of nitrogens with zero attached hydrogens (tertiary/aromatic N) is 4. The zero-order valence-electron chi connectivity index (χ0n) is 16.3. The van der Waals surface area contributed by atoms with Gasteiger partial charge in [-0.05, 0) is 31.4 Å². The van der Waals surface area contributed by atoms with Crippen molar-refractivity contribution in [2.45, 2.75) is 39.2 Å². The van der Waals surface area contributed by atoms with Crippen molar-refractivity contribution < 1.29 is 9.53 Å². The number of ether oxygens (including phenoxy) is 1. The summed E-state index contributed by atoms with van der Waals surface area (Å²) in [5, 5.41) is 0. The summed E-state index contributed by atoms with van der Waals surface area (Å²) in [4.78, 5) is 22.2. The largest absolute Gasteiger partial charge is 0.378 e. The number of morpholine rings is 1. The van der Waals surface area contributed by atoms with Crippen molar-refractivity contribution in [1.29, 1.82) is 0 Å². The van der Waals surface area contributed by atoms with Crippen molar-refractivity contribution in [3.63, 3.8) is 0 Å². The number of fused-ring (bicyclic) bond motifs is 1. The van der Waals surface area contributed by atoms with Gasteiger partial charge in [-0.2, -0.15) is 0 Å². The van der Waals surface area contributed by atoms with Crippen LogP contribution < -0.4 is 4.90 Å². The topological polar surface area (TPSA) is 50.6 Å². The van der Waals surface area contributed by atoms with E-state index in [9.17, 15) is 4.79 Å². The van der Waals surface area contributed by atoms with Crippen LogP contribution >= 0.6 is 0 Å². The number of carbonyl (C=O) groups excluding carboxylic acids is 1. The summed E-state index contributed by atoms with van der Waals surface area (Å²) in [6.07, 6.45) is 4.31. The molecule has 1 amide bonds. The average Bonchev–Trinajstić information content (AvgIpc) is 3.11. The van der Waals surface area contributed by atoms with Crippen LogP contribution in [-0.4, -0.2) is 59.8 Å². The highest BCUT2D eigenvalue weighted by atomic mass is 16.5. The second-order valence-electron chi connectivity index (χ2n) is 7.63. The Morgan fingerprint density at radius 1 is 1.22 bits per heavy atom. The molecule has 1 aromatic heterocycles. The van der Waals surface area contributed by atoms with Crippen LogP contribution in [0.15, 0.2) is 24.3 Å². The summed E-state index contributed by atoms with van der Waals surface area (Å²) in [6.45, 7) is 7.72. The first kappa shape index (κ1) is 18.3. The third-order valence-electron chi connectivity index (χ3n) is 5.75. The minimum absolute atomic E-state index is 0.0660. The van der Waals surface area contributed by atoms with E-state index in [-0.39, 0.29) is 5.92 Å². The number of benzene rings is 1. The minimum atomic E-state index is 0.0660. The summed E-state index contributed by atoms with van der Waals surface area (Å²) in [5.74, 6) is 1.39. The quantitative estimate of drug-likeness (QED) is 0.812. The fraction of sp³-hybridized carbons (Fsp3) is 0.619. The lowest BCUT2D eigenvalue weighted by atomic mass is 9.96. The highest BCUT2D eigenvalue weighted by molar-refractivity contribution is 5.81. The molecule has 2 fully saturated rings. The monoisotopic (exact) mass is 370 g/mol. The number of aromatic nitrogens is 2. The van der Waals surface area contributed by atoms with Gasteiger partial charge in [0.05, 0.1) is 30.2 Å². The smallest absolute Gasteiger partial charge is 0.227 e. The normalized spacial score (nSPS) is 21.0. The van der Waals surface area contributed by atoms with Gasteiger partial charge in [0.2, 0.25) is 11.9 Å². The molecule has 1 aromatic carbocycles. The number of anilines is 1. The van der Waals surface area contributed by atoms with Crippen LogP contribution in [0.25, 0.3) is 11.0 Å². The lowest BCUT2D eigenvalue weighted by molar-refractivity contribution is -0.139. The summed E-state index contributed by atoms with van der Waals surface area (Å²) >= 11 is 0. The van der Waals surface area contributed by atoms with E-state index in [1.165, 1.54) is 5.52 Å². The Hall–Kier alpha value is -2.08. The Kier molecular flexibility index (Phi) is 5.62. The highest BCUT2D eigenvalue weighted by Crippen LogP contribution is 2.28. The fourth-order valence-corrected chi connectivity index (χ4v) is 4.24. The van der Waals surface area contributed by atoms with E-state index < -0.39 is 0 Å². The molecule has 0 bridgehead atoms. The number of piperidine rings is 1. The van der Waals surface area contributed by atoms with Crippen LogP contribution in [0.3, 0.4) is 0 Å². The maximum atomic E-state index is 13.0. The van der Waals surface area contributed by atoms with Gasteiger partial charge < -0.3 is 19.1 Å². The van der Waals surface area contributed by atoms with E-state index in [0.29, 0.717) is 19.1 Å². The number of carbonyl (C=O) groups is 1. The van der Waals surface area contributed by atoms with Gasteiger partial charge in [-0.3, -0.25) is 4.79 Å². The van der Waals surface area contributed by atoms with Gasteiger partial charge in [-0.1, -0.05) is 25.5 Å². The van der Waals surface area contributed by atoms with Crippen molar-refractivity contribution in [3.05, 3.63) is 24.3 Å². The molecule has 0 saturated carbocycles. The van der Waals surface area contributed by atoms with Gasteiger partial charge in [0, 0.05) is 32.7 Å². The zero-order valence-corrected chi connectivity index (χ0v) is 16.3. The van der Waals surface area contributed by atoms with Crippen LogP contribution in [0.5, 0.6) is 0 Å². The Morgan fingerprint density at radius 3 is 2.85 bits per heavy atom. The number of aryl methyl sites for hydroxylation is 1. The van der Waals surface area contributed by atoms with Crippen LogP contribution in [0, 0.1) is 5.92 Å². The van der Waals surface area contributed by atoms with Gasteiger partial charge in [-0.25, -0.2) is 4.98 Å². The van der Waals surface area contributed by atoms with Crippen molar-refractivity contribution in [2.75, 3.05) is 44.3 Å². The molecule has 2 aliphatic heterocycles. The second-order valence-corrected chi connectivity index (χ2v) is 7.63. The number of para-hydroxylation sites is 2. The average molecular weight is 370 g/mol. The van der Waals surface area contributed by atoms with E-state index in [1.807, 2.05) is 11.0 Å². The van der Waals surface area contributed by atoms with E-state index in [4.69, 9.17) is 9.72 Å². The summed E-state index contributed by atoms with van der Waals surface area (Å²) in [6, 6.07) is 8.37. The van der Waals surface area contributed by atoms with Gasteiger partial charge in [-0.15, -0.1) is 0 Å². The maximum Gasteiger partial charge on any atom is 0.227 e. The Balaban J connectivity index is 1.56. The molecule has 0 N–H and O–H groups in total. The molecule has 6 nitrogen and oxygen atoms in total. The summed E-state index contributed by atoms with van der Waals surface area (Å²) in [7, 11) is 0. The SMILES string of the molecule is CCCCn1c(N2CCC[C@@H](C(=O)N3CCOCC3)C2)nc2ccccc21. The van der Waals surface area contributed by atoms with Crippen molar-refractivity contribution in [1.82, 2.24) is 14.5 Å². The lowest BCUT2D eigenvalue weighted by Gasteiger charge is -2.36. The fourth-order valence-electron chi connectivity index (χ4n) is 4.24. The molecule has 4 rings (SSSR count). The first-order valence-electron chi connectivity index (χ1n) is 10.3.